The molecule has 0 unspecified atom stereocenters. The van der Waals surface area contributed by atoms with Gasteiger partial charge in [-0.15, -0.1) is 12.8 Å². The fourth-order valence-electron chi connectivity index (χ4n) is 4.71. The van der Waals surface area contributed by atoms with E-state index in [1.165, 1.54) is 23.9 Å². The summed E-state index contributed by atoms with van der Waals surface area (Å²) in [6.07, 6.45) is 30.8. The zero-order valence-electron chi connectivity index (χ0n) is 28.4. The number of rotatable bonds is 14. The Labute approximate surface area is 282 Å². The maximum absolute atomic E-state index is 11.0. The van der Waals surface area contributed by atoms with Crippen molar-refractivity contribution in [1.29, 1.82) is 0 Å². The predicted octanol–water partition coefficient (Wildman–Crippen LogP) is 7.47. The van der Waals surface area contributed by atoms with Crippen LogP contribution in [0.5, 0.6) is 0 Å². The molecule has 0 bridgehead atoms. The Morgan fingerprint density at radius 1 is 1.06 bits per heavy atom. The second kappa shape index (κ2) is 25.6. The molecule has 0 atom stereocenters. The number of anilines is 1. The molecule has 0 spiro atoms. The molecule has 1 amide bonds. The van der Waals surface area contributed by atoms with Crippen molar-refractivity contribution >= 4 is 17.6 Å². The Morgan fingerprint density at radius 2 is 1.77 bits per heavy atom. The molecule has 0 saturated carbocycles. The maximum Gasteiger partial charge on any atom is 0.307 e. The highest BCUT2D eigenvalue weighted by Gasteiger charge is 2.17. The van der Waals surface area contributed by atoms with Crippen LogP contribution in [0.1, 0.15) is 69.4 Å². The molecule has 0 fully saturated rings. The Morgan fingerprint density at radius 3 is 2.43 bits per heavy atom. The maximum atomic E-state index is 11.0. The molecule has 47 heavy (non-hydrogen) atoms. The van der Waals surface area contributed by atoms with Crippen molar-refractivity contribution in [3.05, 3.63) is 108 Å². The number of amides is 1. The Hall–Kier alpha value is -4.61. The van der Waals surface area contributed by atoms with Crippen LogP contribution < -0.4 is 10.6 Å². The molecule has 2 aliphatic rings. The minimum absolute atomic E-state index is 0.228. The number of fused-ring (bicyclic) bond motifs is 1. The van der Waals surface area contributed by atoms with Gasteiger partial charge in [0, 0.05) is 31.3 Å². The number of unbranched alkanes of at least 4 members (excludes halogenated alkanes) is 2. The summed E-state index contributed by atoms with van der Waals surface area (Å²) in [6.45, 7) is 10.8. The van der Waals surface area contributed by atoms with Crippen LogP contribution in [-0.4, -0.2) is 43.8 Å². The quantitative estimate of drug-likeness (QED) is 0.0985. The first kappa shape index (κ1) is 40.4. The van der Waals surface area contributed by atoms with Crippen molar-refractivity contribution in [3.63, 3.8) is 0 Å². The van der Waals surface area contributed by atoms with Crippen molar-refractivity contribution in [2.45, 2.75) is 71.8 Å². The number of primary amides is 1. The number of para-hydroxylation sites is 1. The van der Waals surface area contributed by atoms with Crippen molar-refractivity contribution < 1.29 is 23.6 Å². The van der Waals surface area contributed by atoms with E-state index in [2.05, 4.69) is 70.6 Å². The summed E-state index contributed by atoms with van der Waals surface area (Å²) < 4.78 is 15.3. The Balaban J connectivity index is 0.000000507. The molecular weight excluding hydrogens is 590 g/mol. The van der Waals surface area contributed by atoms with E-state index in [1.807, 2.05) is 56.4 Å². The van der Waals surface area contributed by atoms with Gasteiger partial charge in [-0.25, -0.2) is 0 Å². The summed E-state index contributed by atoms with van der Waals surface area (Å²) in [4.78, 5) is 24.0. The molecule has 1 aromatic carbocycles. The number of benzene rings is 1. The SMILES string of the molecule is C#C.C/C=C\C.C=C1Cc2ccccc2N(CCCCCc2cc(COCCC(=O)OC)on2)C1.NC(=O)CCC1C=CC=CC=C1. The topological polar surface area (TPSA) is 108 Å². The molecule has 8 nitrogen and oxygen atoms in total. The summed E-state index contributed by atoms with van der Waals surface area (Å²) in [5.74, 6) is 0.537. The number of ether oxygens (including phenoxy) is 2. The molecule has 0 radical (unpaired) electrons. The smallest absolute Gasteiger partial charge is 0.307 e. The number of carbonyl (C=O) groups excluding carboxylic acids is 2. The fraction of sp³-hybridized carbons (Fsp3) is 0.410. The van der Waals surface area contributed by atoms with Gasteiger partial charge in [0.05, 0.1) is 25.8 Å². The van der Waals surface area contributed by atoms with Crippen LogP contribution in [0.3, 0.4) is 0 Å². The van der Waals surface area contributed by atoms with Gasteiger partial charge in [0.2, 0.25) is 5.91 Å². The molecule has 2 N–H and O–H groups in total. The molecule has 1 aliphatic heterocycles. The molecular formula is C39H53N3O5. The number of aryl methyl sites for hydroxylation is 1. The second-order valence-electron chi connectivity index (χ2n) is 10.9. The first-order valence-corrected chi connectivity index (χ1v) is 16.1. The van der Waals surface area contributed by atoms with Crippen LogP contribution in [0.2, 0.25) is 0 Å². The third kappa shape index (κ3) is 18.2. The van der Waals surface area contributed by atoms with Gasteiger partial charge in [0.15, 0.2) is 5.76 Å². The van der Waals surface area contributed by atoms with Gasteiger partial charge in [-0.3, -0.25) is 9.59 Å². The van der Waals surface area contributed by atoms with E-state index in [0.717, 1.165) is 57.3 Å². The van der Waals surface area contributed by atoms with E-state index in [4.69, 9.17) is 15.0 Å². The lowest BCUT2D eigenvalue weighted by molar-refractivity contribution is -0.142. The zero-order chi connectivity index (χ0) is 34.7. The van der Waals surface area contributed by atoms with Crippen LogP contribution in [0, 0.1) is 18.8 Å². The average Bonchev–Trinajstić information content (AvgIpc) is 3.38. The van der Waals surface area contributed by atoms with Gasteiger partial charge in [-0.05, 0) is 63.5 Å². The minimum atomic E-state index is -0.277. The predicted molar refractivity (Wildman–Crippen MR) is 192 cm³/mol. The lowest BCUT2D eigenvalue weighted by Gasteiger charge is -2.32. The zero-order valence-corrected chi connectivity index (χ0v) is 28.4. The standard InChI is InChI=1S/C23H30N2O4.C10H13NO.C4H8.C2H2/c1-18-14-19-8-5-6-10-22(19)25(16-18)12-7-3-4-9-20-15-21(29-24-20)17-28-13-11-23(26)27-2;11-10(12)8-7-9-5-3-1-2-4-6-9;1-3-4-2;1-2/h5-6,8,10,15H,1,3-4,7,9,11-14,16-17H2,2H3;1-6,9H,7-8H2,(H2,11,12);3-4H,1-2H3;1-2H/b;;4-3-;. The summed E-state index contributed by atoms with van der Waals surface area (Å²) in [5.41, 5.74) is 10.0. The lowest BCUT2D eigenvalue weighted by Crippen LogP contribution is -2.31. The number of nitrogens with zero attached hydrogens (tertiary/aromatic N) is 2. The average molecular weight is 644 g/mol. The van der Waals surface area contributed by atoms with Gasteiger partial charge in [0.1, 0.15) is 6.61 Å². The number of allylic oxidation sites excluding steroid dienone is 8. The van der Waals surface area contributed by atoms with E-state index in [0.29, 0.717) is 31.3 Å². The highest BCUT2D eigenvalue weighted by molar-refractivity contribution is 5.73. The number of terminal acetylenes is 1. The van der Waals surface area contributed by atoms with Gasteiger partial charge >= 0.3 is 5.97 Å². The van der Waals surface area contributed by atoms with Gasteiger partial charge in [-0.2, -0.15) is 0 Å². The molecule has 254 valence electrons. The number of hydrogen-bond donors (Lipinski definition) is 1. The fourth-order valence-corrected chi connectivity index (χ4v) is 4.71. The first-order chi connectivity index (χ1) is 22.9. The van der Waals surface area contributed by atoms with E-state index < -0.39 is 0 Å². The summed E-state index contributed by atoms with van der Waals surface area (Å²) in [5, 5.41) is 4.10. The van der Waals surface area contributed by atoms with Crippen LogP contribution in [-0.2, 0) is 38.5 Å². The monoisotopic (exact) mass is 643 g/mol. The van der Waals surface area contributed by atoms with E-state index in [9.17, 15) is 9.59 Å². The summed E-state index contributed by atoms with van der Waals surface area (Å²) in [7, 11) is 1.37. The third-order valence-electron chi connectivity index (χ3n) is 7.19. The van der Waals surface area contributed by atoms with Crippen molar-refractivity contribution in [3.8, 4) is 12.8 Å². The number of methoxy groups -OCH3 is 1. The molecule has 2 aromatic rings. The minimum Gasteiger partial charge on any atom is -0.469 e. The number of esters is 1. The van der Waals surface area contributed by atoms with Crippen molar-refractivity contribution in [2.24, 2.45) is 11.7 Å². The Kier molecular flexibility index (Phi) is 22.0. The van der Waals surface area contributed by atoms with Crippen LogP contribution in [0.15, 0.2) is 95.6 Å². The third-order valence-corrected chi connectivity index (χ3v) is 7.19. The molecule has 8 heteroatoms. The number of carbonyl (C=O) groups is 2. The van der Waals surface area contributed by atoms with Crippen molar-refractivity contribution in [2.75, 3.05) is 31.7 Å². The van der Waals surface area contributed by atoms with Gasteiger partial charge in [0.25, 0.3) is 0 Å². The van der Waals surface area contributed by atoms with Crippen molar-refractivity contribution in [1.82, 2.24) is 5.16 Å². The largest absolute Gasteiger partial charge is 0.469 e. The number of hydrogen-bond acceptors (Lipinski definition) is 7. The summed E-state index contributed by atoms with van der Waals surface area (Å²) in [6, 6.07) is 10.6. The second-order valence-corrected chi connectivity index (χ2v) is 10.9. The van der Waals surface area contributed by atoms with Gasteiger partial charge in [-0.1, -0.05) is 90.5 Å². The van der Waals surface area contributed by atoms with E-state index >= 15 is 0 Å². The number of aromatic nitrogens is 1. The molecule has 0 saturated heterocycles. The lowest BCUT2D eigenvalue weighted by atomic mass is 9.98. The normalized spacial score (nSPS) is 13.3. The van der Waals surface area contributed by atoms with E-state index in [1.54, 1.807) is 0 Å². The Bertz CT molecular complexity index is 1310. The molecule has 1 aliphatic carbocycles. The highest BCUT2D eigenvalue weighted by atomic mass is 16.5. The van der Waals surface area contributed by atoms with Crippen LogP contribution >= 0.6 is 0 Å². The summed E-state index contributed by atoms with van der Waals surface area (Å²) >= 11 is 0. The molecule has 1 aromatic heterocycles. The van der Waals surface area contributed by atoms with Crippen LogP contribution in [0.4, 0.5) is 5.69 Å². The molecule has 4 rings (SSSR count). The number of nitrogens with two attached hydrogens (primary N) is 1. The van der Waals surface area contributed by atoms with Gasteiger partial charge < -0.3 is 24.6 Å². The highest BCUT2D eigenvalue weighted by Crippen LogP contribution is 2.28. The van der Waals surface area contributed by atoms with Crippen LogP contribution in [0.25, 0.3) is 0 Å². The first-order valence-electron chi connectivity index (χ1n) is 16.1. The van der Waals surface area contributed by atoms with E-state index in [-0.39, 0.29) is 18.3 Å². The molecule has 2 heterocycles.